The summed E-state index contributed by atoms with van der Waals surface area (Å²) < 4.78 is 0. The molecule has 9 heteroatoms. The van der Waals surface area contributed by atoms with Crippen LogP contribution in [0, 0.1) is 18.8 Å². The number of thioether (sulfide) groups is 1. The van der Waals surface area contributed by atoms with Gasteiger partial charge in [0, 0.05) is 18.3 Å². The molecular weight excluding hydrogens is 436 g/mol. The van der Waals surface area contributed by atoms with Gasteiger partial charge in [-0.25, -0.2) is 4.98 Å². The summed E-state index contributed by atoms with van der Waals surface area (Å²) in [7, 11) is 0. The van der Waals surface area contributed by atoms with E-state index in [0.29, 0.717) is 44.9 Å². The lowest BCUT2D eigenvalue weighted by atomic mass is 10.1. The third-order valence-electron chi connectivity index (χ3n) is 6.56. The second kappa shape index (κ2) is 7.84. The van der Waals surface area contributed by atoms with E-state index in [-0.39, 0.29) is 17.5 Å². The minimum absolute atomic E-state index is 0.00349. The second-order valence-corrected chi connectivity index (χ2v) is 9.73. The summed E-state index contributed by atoms with van der Waals surface area (Å²) in [6.45, 7) is 2.74. The summed E-state index contributed by atoms with van der Waals surface area (Å²) in [4.78, 5) is 37.1. The first-order chi connectivity index (χ1) is 16.1. The van der Waals surface area contributed by atoms with Crippen molar-refractivity contribution in [2.24, 2.45) is 11.8 Å². The number of likely N-dealkylation sites (tertiary alicyclic amines) is 1. The van der Waals surface area contributed by atoms with E-state index in [1.165, 1.54) is 16.6 Å². The number of fused-ring (bicyclic) bond motifs is 2. The number of carbonyl (C=O) groups is 1. The van der Waals surface area contributed by atoms with Gasteiger partial charge >= 0.3 is 0 Å². The van der Waals surface area contributed by atoms with E-state index >= 15 is 0 Å². The molecule has 0 spiro atoms. The minimum atomic E-state index is -0.136. The van der Waals surface area contributed by atoms with E-state index in [1.807, 2.05) is 48.2 Å². The number of aromatic amines is 1. The molecule has 4 aromatic rings. The van der Waals surface area contributed by atoms with E-state index in [9.17, 15) is 9.59 Å². The molecule has 0 unspecified atom stereocenters. The van der Waals surface area contributed by atoms with Gasteiger partial charge < -0.3 is 9.88 Å². The second-order valence-electron chi connectivity index (χ2n) is 8.72. The average Bonchev–Trinajstić information content (AvgIpc) is 3.21. The number of nitrogens with zero attached hydrogens (tertiary/aromatic N) is 5. The van der Waals surface area contributed by atoms with Crippen LogP contribution in [0.2, 0.25) is 0 Å². The number of aromatic nitrogens is 5. The predicted octanol–water partition coefficient (Wildman–Crippen LogP) is 3.07. The molecule has 1 amide bonds. The molecule has 3 atom stereocenters. The maximum Gasteiger partial charge on any atom is 0.259 e. The van der Waals surface area contributed by atoms with Crippen molar-refractivity contribution in [2.75, 3.05) is 12.3 Å². The Morgan fingerprint density at radius 3 is 2.85 bits per heavy atom. The summed E-state index contributed by atoms with van der Waals surface area (Å²) >= 11 is 1.51. The Morgan fingerprint density at radius 1 is 1.18 bits per heavy atom. The number of H-pyrrole nitrogens is 1. The van der Waals surface area contributed by atoms with Crippen LogP contribution in [0.15, 0.2) is 64.8 Å². The number of carbonyl (C=O) groups excluding carboxylic acids is 1. The van der Waals surface area contributed by atoms with Gasteiger partial charge in [-0.05, 0) is 49.4 Å². The van der Waals surface area contributed by atoms with Crippen molar-refractivity contribution >= 4 is 28.6 Å². The summed E-state index contributed by atoms with van der Waals surface area (Å²) in [5.74, 6) is 1.75. The number of aryl methyl sites for hydroxylation is 1. The molecule has 1 aliphatic heterocycles. The quantitative estimate of drug-likeness (QED) is 0.365. The summed E-state index contributed by atoms with van der Waals surface area (Å²) in [5, 5.41) is 9.63. The Hall–Kier alpha value is -3.46. The molecule has 8 nitrogen and oxygen atoms in total. The topological polar surface area (TPSA) is 96.8 Å². The Morgan fingerprint density at radius 2 is 2.00 bits per heavy atom. The number of piperidine rings is 1. The van der Waals surface area contributed by atoms with Crippen molar-refractivity contribution in [1.82, 2.24) is 29.9 Å². The summed E-state index contributed by atoms with van der Waals surface area (Å²) in [6.07, 6.45) is 4.37. The Balaban J connectivity index is 1.27. The number of benzene rings is 2. The van der Waals surface area contributed by atoms with Gasteiger partial charge in [-0.3, -0.25) is 9.59 Å². The van der Waals surface area contributed by atoms with Crippen LogP contribution < -0.4 is 5.56 Å². The lowest BCUT2D eigenvalue weighted by Crippen LogP contribution is -2.40. The molecule has 6 rings (SSSR count). The van der Waals surface area contributed by atoms with Crippen LogP contribution >= 0.6 is 11.8 Å². The molecule has 0 bridgehead atoms. The van der Waals surface area contributed by atoms with E-state index in [2.05, 4.69) is 20.2 Å². The van der Waals surface area contributed by atoms with Gasteiger partial charge in [-0.2, -0.15) is 15.0 Å². The van der Waals surface area contributed by atoms with Crippen LogP contribution in [0.5, 0.6) is 0 Å². The number of rotatable bonds is 5. The number of nitrogens with one attached hydrogen (secondary N) is 1. The van der Waals surface area contributed by atoms with E-state index in [1.54, 1.807) is 18.5 Å². The Labute approximate surface area is 194 Å². The summed E-state index contributed by atoms with van der Waals surface area (Å²) in [6, 6.07) is 13.2. The molecule has 33 heavy (non-hydrogen) atoms. The highest BCUT2D eigenvalue weighted by molar-refractivity contribution is 7.99. The lowest BCUT2D eigenvalue weighted by molar-refractivity contribution is 0.0722. The van der Waals surface area contributed by atoms with Crippen molar-refractivity contribution in [3.05, 3.63) is 76.3 Å². The number of hydrogen-bond donors (Lipinski definition) is 1. The minimum Gasteiger partial charge on any atom is -0.334 e. The van der Waals surface area contributed by atoms with Crippen molar-refractivity contribution < 1.29 is 4.79 Å². The Kier molecular flexibility index (Phi) is 4.79. The molecule has 1 saturated heterocycles. The zero-order valence-electron chi connectivity index (χ0n) is 18.0. The summed E-state index contributed by atoms with van der Waals surface area (Å²) in [5.41, 5.74) is 2.86. The Bertz CT molecular complexity index is 1420. The van der Waals surface area contributed by atoms with Crippen molar-refractivity contribution in [3.63, 3.8) is 0 Å². The molecule has 1 N–H and O–H groups in total. The van der Waals surface area contributed by atoms with E-state index in [4.69, 9.17) is 0 Å². The van der Waals surface area contributed by atoms with Gasteiger partial charge in [0.25, 0.3) is 11.5 Å². The normalized spacial score (nSPS) is 21.4. The first kappa shape index (κ1) is 20.2. The zero-order chi connectivity index (χ0) is 22.5. The fourth-order valence-corrected chi connectivity index (χ4v) is 5.89. The SMILES string of the molecule is Cc1ccc(-n2nccn2)c(C(=O)N2C[C@H]3C[C@H]3[C@H]2CSc2nc3ccccc3c(=O)[nH]2)c1. The molecule has 0 radical (unpaired) electrons. The third kappa shape index (κ3) is 3.62. The number of hydrogen-bond acceptors (Lipinski definition) is 6. The fourth-order valence-electron chi connectivity index (χ4n) is 4.81. The third-order valence-corrected chi connectivity index (χ3v) is 7.54. The maximum atomic E-state index is 13.7. The first-order valence-corrected chi connectivity index (χ1v) is 12.0. The van der Waals surface area contributed by atoms with Crippen LogP contribution in [-0.4, -0.2) is 54.1 Å². The van der Waals surface area contributed by atoms with E-state index < -0.39 is 0 Å². The van der Waals surface area contributed by atoms with Crippen LogP contribution in [0.3, 0.4) is 0 Å². The highest BCUT2D eigenvalue weighted by Crippen LogP contribution is 2.51. The maximum absolute atomic E-state index is 13.7. The predicted molar refractivity (Wildman–Crippen MR) is 126 cm³/mol. The molecule has 3 heterocycles. The molecule has 2 fully saturated rings. The van der Waals surface area contributed by atoms with Crippen LogP contribution in [-0.2, 0) is 0 Å². The standard InChI is InChI=1S/C24H22N6O2S/c1-14-6-7-20(30-25-8-9-26-30)18(10-14)23(32)29-12-15-11-17(15)21(29)13-33-24-27-19-5-3-2-4-16(19)22(31)28-24/h2-10,15,17,21H,11-13H2,1H3,(H,27,28,31)/t15-,17-,21-/m1/s1. The van der Waals surface area contributed by atoms with Gasteiger partial charge in [0.15, 0.2) is 5.16 Å². The van der Waals surface area contributed by atoms with Crippen molar-refractivity contribution in [3.8, 4) is 5.69 Å². The van der Waals surface area contributed by atoms with Crippen molar-refractivity contribution in [1.29, 1.82) is 0 Å². The van der Waals surface area contributed by atoms with Crippen LogP contribution in [0.1, 0.15) is 22.3 Å². The van der Waals surface area contributed by atoms with Gasteiger partial charge in [-0.1, -0.05) is 35.5 Å². The lowest BCUT2D eigenvalue weighted by Gasteiger charge is -2.28. The number of amides is 1. The molecule has 166 valence electrons. The smallest absolute Gasteiger partial charge is 0.259 e. The van der Waals surface area contributed by atoms with Crippen LogP contribution in [0.4, 0.5) is 0 Å². The molecule has 2 aromatic heterocycles. The monoisotopic (exact) mass is 458 g/mol. The highest BCUT2D eigenvalue weighted by atomic mass is 32.2. The van der Waals surface area contributed by atoms with Gasteiger partial charge in [-0.15, -0.1) is 0 Å². The number of para-hydroxylation sites is 1. The van der Waals surface area contributed by atoms with Gasteiger partial charge in [0.1, 0.15) is 0 Å². The van der Waals surface area contributed by atoms with Gasteiger partial charge in [0.2, 0.25) is 0 Å². The molecular formula is C24H22N6O2S. The largest absolute Gasteiger partial charge is 0.334 e. The highest BCUT2D eigenvalue weighted by Gasteiger charge is 2.54. The fraction of sp³-hybridized carbons (Fsp3) is 0.292. The van der Waals surface area contributed by atoms with E-state index in [0.717, 1.165) is 18.5 Å². The molecule has 2 aromatic carbocycles. The molecule has 1 saturated carbocycles. The van der Waals surface area contributed by atoms with Crippen LogP contribution in [0.25, 0.3) is 16.6 Å². The molecule has 2 aliphatic rings. The molecule has 1 aliphatic carbocycles. The van der Waals surface area contributed by atoms with Crippen molar-refractivity contribution in [2.45, 2.75) is 24.5 Å². The average molecular weight is 459 g/mol. The van der Waals surface area contributed by atoms with Gasteiger partial charge in [0.05, 0.1) is 34.5 Å². The zero-order valence-corrected chi connectivity index (χ0v) is 18.8. The first-order valence-electron chi connectivity index (χ1n) is 11.0.